The van der Waals surface area contributed by atoms with Crippen molar-refractivity contribution in [2.45, 2.75) is 0 Å². The van der Waals surface area contributed by atoms with Crippen LogP contribution in [0.3, 0.4) is 0 Å². The maximum absolute atomic E-state index is 3.06. The Labute approximate surface area is 74.3 Å². The first-order chi connectivity index (χ1) is 3.27. The molecule has 0 aromatic rings. The second-order valence-corrected chi connectivity index (χ2v) is 1.91. The van der Waals surface area contributed by atoms with Crippen LogP contribution in [-0.4, -0.2) is 39.1 Å². The minimum Gasteiger partial charge on any atom is -1.00 e. The molecule has 0 aromatic heterocycles. The molecule has 4 heteroatoms. The summed E-state index contributed by atoms with van der Waals surface area (Å²) in [5, 5.41) is 3.06. The minimum atomic E-state index is 0. The van der Waals surface area contributed by atoms with Gasteiger partial charge in [-0.1, -0.05) is 0 Å². The average Bonchev–Trinajstić information content (AvgIpc) is 1.61. The summed E-state index contributed by atoms with van der Waals surface area (Å²) in [5.74, 6) is 0. The first-order valence-corrected chi connectivity index (χ1v) is 2.56. The summed E-state index contributed by atoms with van der Waals surface area (Å²) in [7, 11) is 6.10. The first-order valence-electron chi connectivity index (χ1n) is 2.56. The molecule has 62 valence electrons. The molecular formula is C5H14ClCuN2. The zero-order chi connectivity index (χ0) is 5.70. The van der Waals surface area contributed by atoms with Crippen molar-refractivity contribution in [3.8, 4) is 0 Å². The van der Waals surface area contributed by atoms with Gasteiger partial charge in [-0.3, -0.25) is 0 Å². The fourth-order valence-corrected chi connectivity index (χ4v) is 0.335. The normalized spacial score (nSPS) is 8.00. The van der Waals surface area contributed by atoms with Crippen molar-refractivity contribution in [1.29, 1.82) is 0 Å². The third kappa shape index (κ3) is 17.7. The van der Waals surface area contributed by atoms with Crippen molar-refractivity contribution in [2.75, 3.05) is 34.2 Å². The van der Waals surface area contributed by atoms with Crippen molar-refractivity contribution in [3.05, 3.63) is 0 Å². The molecule has 1 N–H and O–H groups in total. The SMILES string of the molecule is CNCCN(C)C.[Cl-].[Cu+]. The van der Waals surface area contributed by atoms with Crippen LogP contribution >= 0.6 is 0 Å². The van der Waals surface area contributed by atoms with E-state index < -0.39 is 0 Å². The maximum Gasteiger partial charge on any atom is 1.00 e. The summed E-state index contributed by atoms with van der Waals surface area (Å²) in [6.07, 6.45) is 0. The van der Waals surface area contributed by atoms with Gasteiger partial charge in [0.2, 0.25) is 0 Å². The molecular weight excluding hydrogens is 187 g/mol. The number of rotatable bonds is 3. The Balaban J connectivity index is -0.000000180. The van der Waals surface area contributed by atoms with Crippen LogP contribution in [-0.2, 0) is 17.1 Å². The third-order valence-electron chi connectivity index (χ3n) is 0.809. The quantitative estimate of drug-likeness (QED) is 0.483. The zero-order valence-electron chi connectivity index (χ0n) is 6.04. The van der Waals surface area contributed by atoms with Crippen molar-refractivity contribution >= 4 is 0 Å². The largest absolute Gasteiger partial charge is 1.00 e. The van der Waals surface area contributed by atoms with Gasteiger partial charge in [0.05, 0.1) is 0 Å². The second-order valence-electron chi connectivity index (χ2n) is 1.91. The fraction of sp³-hybridized carbons (Fsp3) is 1.00. The van der Waals surface area contributed by atoms with Crippen LogP contribution in [0.5, 0.6) is 0 Å². The second kappa shape index (κ2) is 11.5. The summed E-state index contributed by atoms with van der Waals surface area (Å²) in [6.45, 7) is 2.20. The average molecular weight is 201 g/mol. The fourth-order valence-electron chi connectivity index (χ4n) is 0.335. The van der Waals surface area contributed by atoms with Crippen LogP contribution in [0.2, 0.25) is 0 Å². The van der Waals surface area contributed by atoms with Gasteiger partial charge in [0.1, 0.15) is 0 Å². The predicted octanol–water partition coefficient (Wildman–Crippen LogP) is -3.23. The molecule has 0 rings (SSSR count). The molecule has 0 saturated heterocycles. The van der Waals surface area contributed by atoms with Crippen molar-refractivity contribution in [1.82, 2.24) is 10.2 Å². The van der Waals surface area contributed by atoms with E-state index in [1.54, 1.807) is 0 Å². The molecule has 0 aliphatic carbocycles. The number of nitrogens with zero attached hydrogens (tertiary/aromatic N) is 1. The van der Waals surface area contributed by atoms with Crippen molar-refractivity contribution in [2.24, 2.45) is 0 Å². The van der Waals surface area contributed by atoms with Crippen LogP contribution in [0.15, 0.2) is 0 Å². The molecule has 9 heavy (non-hydrogen) atoms. The Morgan fingerprint density at radius 1 is 1.33 bits per heavy atom. The monoisotopic (exact) mass is 200 g/mol. The van der Waals surface area contributed by atoms with E-state index in [-0.39, 0.29) is 29.5 Å². The molecule has 0 spiro atoms. The molecule has 0 heterocycles. The number of likely N-dealkylation sites (N-methyl/N-ethyl adjacent to an activating group) is 2. The van der Waals surface area contributed by atoms with Crippen molar-refractivity contribution < 1.29 is 29.5 Å². The summed E-state index contributed by atoms with van der Waals surface area (Å²) in [4.78, 5) is 2.15. The Kier molecular flexibility index (Phi) is 21.0. The number of halogens is 1. The van der Waals surface area contributed by atoms with E-state index >= 15 is 0 Å². The summed E-state index contributed by atoms with van der Waals surface area (Å²) < 4.78 is 0. The molecule has 0 atom stereocenters. The van der Waals surface area contributed by atoms with Gasteiger partial charge in [-0.05, 0) is 21.1 Å². The molecule has 0 aliphatic heterocycles. The molecule has 0 radical (unpaired) electrons. The van der Waals surface area contributed by atoms with Gasteiger partial charge in [-0.2, -0.15) is 0 Å². The van der Waals surface area contributed by atoms with Gasteiger partial charge in [-0.15, -0.1) is 0 Å². The molecule has 2 nitrogen and oxygen atoms in total. The smallest absolute Gasteiger partial charge is 1.00 e. The number of hydrogen-bond acceptors (Lipinski definition) is 2. The Morgan fingerprint density at radius 2 is 1.78 bits per heavy atom. The van der Waals surface area contributed by atoms with Gasteiger partial charge in [-0.25, -0.2) is 0 Å². The zero-order valence-corrected chi connectivity index (χ0v) is 7.74. The van der Waals surface area contributed by atoms with E-state index in [9.17, 15) is 0 Å². The van der Waals surface area contributed by atoms with Crippen LogP contribution in [0.1, 0.15) is 0 Å². The predicted molar refractivity (Wildman–Crippen MR) is 32.5 cm³/mol. The van der Waals surface area contributed by atoms with E-state index in [1.807, 2.05) is 7.05 Å². The first kappa shape index (κ1) is 16.4. The summed E-state index contributed by atoms with van der Waals surface area (Å²) in [5.41, 5.74) is 0. The van der Waals surface area contributed by atoms with Gasteiger partial charge in [0.25, 0.3) is 0 Å². The van der Waals surface area contributed by atoms with Crippen LogP contribution in [0.4, 0.5) is 0 Å². The Hall–Kier alpha value is 0.729. The van der Waals surface area contributed by atoms with Crippen LogP contribution in [0.25, 0.3) is 0 Å². The van der Waals surface area contributed by atoms with E-state index in [2.05, 4.69) is 24.3 Å². The number of nitrogens with one attached hydrogen (secondary N) is 1. The van der Waals surface area contributed by atoms with E-state index in [0.29, 0.717) is 0 Å². The van der Waals surface area contributed by atoms with E-state index in [4.69, 9.17) is 0 Å². The topological polar surface area (TPSA) is 15.3 Å². The molecule has 0 saturated carbocycles. The summed E-state index contributed by atoms with van der Waals surface area (Å²) >= 11 is 0. The molecule has 0 amide bonds. The third-order valence-corrected chi connectivity index (χ3v) is 0.809. The maximum atomic E-state index is 3.06. The molecule has 0 aromatic carbocycles. The molecule has 0 aliphatic rings. The Morgan fingerprint density at radius 3 is 1.89 bits per heavy atom. The standard InChI is InChI=1S/C5H14N2.ClH.Cu/c1-6-4-5-7(2)3;;/h6H,4-5H2,1-3H3;1H;/q;;+1/p-1. The van der Waals surface area contributed by atoms with Gasteiger partial charge in [0.15, 0.2) is 0 Å². The van der Waals surface area contributed by atoms with Crippen LogP contribution < -0.4 is 17.7 Å². The minimum absolute atomic E-state index is 0. The van der Waals surface area contributed by atoms with Gasteiger partial charge < -0.3 is 22.6 Å². The van der Waals surface area contributed by atoms with Gasteiger partial charge in [0, 0.05) is 13.1 Å². The van der Waals surface area contributed by atoms with Crippen LogP contribution in [0, 0.1) is 0 Å². The molecule has 0 fully saturated rings. The van der Waals surface area contributed by atoms with Crippen molar-refractivity contribution in [3.63, 3.8) is 0 Å². The van der Waals surface area contributed by atoms with Gasteiger partial charge >= 0.3 is 17.1 Å². The summed E-state index contributed by atoms with van der Waals surface area (Å²) in [6, 6.07) is 0. The number of hydrogen-bond donors (Lipinski definition) is 1. The molecule has 0 bridgehead atoms. The van der Waals surface area contributed by atoms with E-state index in [0.717, 1.165) is 13.1 Å². The Bertz CT molecular complexity index is 43.9. The molecule has 0 unspecified atom stereocenters. The van der Waals surface area contributed by atoms with E-state index in [1.165, 1.54) is 0 Å².